The smallest absolute Gasteiger partial charge is 0.207 e. The second-order valence-corrected chi connectivity index (χ2v) is 4.95. The normalized spacial score (nSPS) is 20.4. The molecule has 1 aliphatic heterocycles. The van der Waals surface area contributed by atoms with Gasteiger partial charge in [0.1, 0.15) is 15.7 Å². The zero-order chi connectivity index (χ0) is 13.3. The van der Waals surface area contributed by atoms with Gasteiger partial charge in [0.15, 0.2) is 23.5 Å². The van der Waals surface area contributed by atoms with Crippen molar-refractivity contribution in [2.24, 2.45) is 0 Å². The Morgan fingerprint density at radius 1 is 1.44 bits per heavy atom. The van der Waals surface area contributed by atoms with Gasteiger partial charge in [0.2, 0.25) is 7.85 Å². The summed E-state index contributed by atoms with van der Waals surface area (Å²) >= 11 is 0. The number of benzene rings is 1. The summed E-state index contributed by atoms with van der Waals surface area (Å²) in [6.45, 7) is 1.88. The molecule has 0 saturated carbocycles. The number of Topliss-reactive ketones (excluding diaryl/α,β-unsaturated/α-hetero) is 1. The Kier molecular flexibility index (Phi) is 3.44. The number of fused-ring (bicyclic) bond motifs is 1. The quantitative estimate of drug-likeness (QED) is 0.494. The number of carbonyl (C=O) groups is 1. The van der Waals surface area contributed by atoms with Crippen molar-refractivity contribution in [2.75, 3.05) is 6.44 Å². The summed E-state index contributed by atoms with van der Waals surface area (Å²) in [6.07, 6.45) is 0.465. The maximum atomic E-state index is 12.4. The molecule has 7 heteroatoms. The molecule has 92 valence electrons. The van der Waals surface area contributed by atoms with Crippen LogP contribution in [0.3, 0.4) is 0 Å². The lowest BCUT2D eigenvalue weighted by molar-refractivity contribution is 0.0930. The minimum Gasteiger partial charge on any atom is -0.460 e. The molecule has 2 atom stereocenters. The summed E-state index contributed by atoms with van der Waals surface area (Å²) in [5.74, 6) is 1.39. The van der Waals surface area contributed by atoms with Crippen LogP contribution in [-0.2, 0) is 0 Å². The fraction of sp³-hybridized carbons (Fsp3) is 0.364. The average molecular weight is 243 g/mol. The SMILES string of the molecule is BCNC(B)(C)C(=O)c1ccc2c(c1)OC(B)O2. The van der Waals surface area contributed by atoms with E-state index in [2.05, 4.69) is 5.32 Å². The standard InChI is InChI=1S/C11H16B3NO3/c1-11(14,15-5-12)9(16)6-2-3-7-8(4-6)18-10(13)17-7/h2-4,10,15H,5,12-14H2,1H3. The molecule has 2 rings (SSSR count). The van der Waals surface area contributed by atoms with Crippen molar-refractivity contribution in [3.63, 3.8) is 0 Å². The molecule has 0 bridgehead atoms. The lowest BCUT2D eigenvalue weighted by atomic mass is 9.73. The molecule has 0 radical (unpaired) electrons. The highest BCUT2D eigenvalue weighted by atomic mass is 16.7. The predicted octanol–water partition coefficient (Wildman–Crippen LogP) is -1.91. The van der Waals surface area contributed by atoms with Crippen LogP contribution in [0.5, 0.6) is 11.5 Å². The van der Waals surface area contributed by atoms with Crippen LogP contribution in [-0.4, -0.2) is 47.4 Å². The van der Waals surface area contributed by atoms with Crippen LogP contribution in [0.4, 0.5) is 0 Å². The third kappa shape index (κ3) is 2.41. The van der Waals surface area contributed by atoms with Crippen molar-refractivity contribution in [3.05, 3.63) is 23.8 Å². The van der Waals surface area contributed by atoms with Crippen molar-refractivity contribution in [1.82, 2.24) is 5.32 Å². The van der Waals surface area contributed by atoms with Gasteiger partial charge < -0.3 is 14.8 Å². The van der Waals surface area contributed by atoms with E-state index < -0.39 is 5.44 Å². The van der Waals surface area contributed by atoms with E-state index in [4.69, 9.17) is 9.47 Å². The summed E-state index contributed by atoms with van der Waals surface area (Å²) in [7, 11) is 5.69. The lowest BCUT2D eigenvalue weighted by Crippen LogP contribution is -2.50. The maximum absolute atomic E-state index is 12.4. The zero-order valence-corrected chi connectivity index (χ0v) is 11.2. The van der Waals surface area contributed by atoms with Crippen molar-refractivity contribution >= 4 is 29.3 Å². The van der Waals surface area contributed by atoms with Crippen molar-refractivity contribution in [2.45, 2.75) is 18.6 Å². The molecule has 18 heavy (non-hydrogen) atoms. The summed E-state index contributed by atoms with van der Waals surface area (Å²) < 4.78 is 10.9. The average Bonchev–Trinajstić information content (AvgIpc) is 2.66. The molecule has 0 amide bonds. The minimum atomic E-state index is -0.575. The molecule has 1 heterocycles. The summed E-state index contributed by atoms with van der Waals surface area (Å²) in [6, 6.07) is 5.32. The Bertz CT molecular complexity index is 479. The fourth-order valence-electron chi connectivity index (χ4n) is 2.10. The minimum absolute atomic E-state index is 0.0512. The Hall–Kier alpha value is -1.36. The first-order chi connectivity index (χ1) is 8.44. The molecular formula is C11H16B3NO3. The van der Waals surface area contributed by atoms with E-state index in [1.54, 1.807) is 18.2 Å². The molecule has 0 aliphatic carbocycles. The third-order valence-corrected chi connectivity index (χ3v) is 2.98. The second kappa shape index (κ2) is 4.73. The first-order valence-electron chi connectivity index (χ1n) is 6.21. The molecule has 1 aliphatic rings. The lowest BCUT2D eigenvalue weighted by Gasteiger charge is -2.24. The summed E-state index contributed by atoms with van der Waals surface area (Å²) in [5, 5.41) is 3.18. The van der Waals surface area contributed by atoms with E-state index in [1.165, 1.54) is 0 Å². The summed E-state index contributed by atoms with van der Waals surface area (Å²) in [5.41, 5.74) is 0.0611. The molecule has 4 nitrogen and oxygen atoms in total. The first-order valence-corrected chi connectivity index (χ1v) is 6.21. The fourth-order valence-corrected chi connectivity index (χ4v) is 2.10. The van der Waals surface area contributed by atoms with E-state index in [-0.39, 0.29) is 12.0 Å². The van der Waals surface area contributed by atoms with Gasteiger partial charge in [-0.3, -0.25) is 4.79 Å². The van der Waals surface area contributed by atoms with Gasteiger partial charge in [-0.1, -0.05) is 0 Å². The van der Waals surface area contributed by atoms with E-state index >= 15 is 0 Å². The van der Waals surface area contributed by atoms with E-state index in [1.807, 2.05) is 30.5 Å². The van der Waals surface area contributed by atoms with Gasteiger partial charge in [-0.2, -0.15) is 0 Å². The number of carbonyl (C=O) groups excluding carboxylic acids is 1. The van der Waals surface area contributed by atoms with Crippen molar-refractivity contribution in [3.8, 4) is 11.5 Å². The van der Waals surface area contributed by atoms with Crippen LogP contribution >= 0.6 is 0 Å². The molecule has 0 spiro atoms. The molecule has 1 aromatic carbocycles. The zero-order valence-electron chi connectivity index (χ0n) is 11.2. The molecular weight excluding hydrogens is 227 g/mol. The highest BCUT2D eigenvalue weighted by Gasteiger charge is 2.29. The molecule has 2 unspecified atom stereocenters. The Balaban J connectivity index is 2.25. The topological polar surface area (TPSA) is 47.6 Å². The highest BCUT2D eigenvalue weighted by molar-refractivity contribution is 6.32. The Morgan fingerprint density at radius 2 is 2.11 bits per heavy atom. The Labute approximate surface area is 110 Å². The van der Waals surface area contributed by atoms with Gasteiger partial charge in [-0.25, -0.2) is 0 Å². The summed E-state index contributed by atoms with van der Waals surface area (Å²) in [4.78, 5) is 12.4. The van der Waals surface area contributed by atoms with Crippen LogP contribution in [0.15, 0.2) is 18.2 Å². The van der Waals surface area contributed by atoms with Gasteiger partial charge in [-0.05, 0) is 31.6 Å². The molecule has 1 N–H and O–H groups in total. The van der Waals surface area contributed by atoms with Crippen LogP contribution < -0.4 is 14.8 Å². The molecule has 0 saturated heterocycles. The molecule has 0 fully saturated rings. The van der Waals surface area contributed by atoms with Gasteiger partial charge in [-0.15, -0.1) is 0 Å². The number of hydrogen-bond acceptors (Lipinski definition) is 4. The van der Waals surface area contributed by atoms with E-state index in [9.17, 15) is 4.79 Å². The van der Waals surface area contributed by atoms with Gasteiger partial charge >= 0.3 is 0 Å². The van der Waals surface area contributed by atoms with Crippen molar-refractivity contribution in [1.29, 1.82) is 0 Å². The van der Waals surface area contributed by atoms with Crippen molar-refractivity contribution < 1.29 is 14.3 Å². The van der Waals surface area contributed by atoms with Gasteiger partial charge in [0.05, 0.1) is 0 Å². The molecule has 1 aromatic rings. The monoisotopic (exact) mass is 243 g/mol. The highest BCUT2D eigenvalue weighted by Crippen LogP contribution is 2.35. The number of ether oxygens (including phenoxy) is 2. The third-order valence-electron chi connectivity index (χ3n) is 2.98. The van der Waals surface area contributed by atoms with Crippen LogP contribution in [0.2, 0.25) is 0 Å². The Morgan fingerprint density at radius 3 is 2.78 bits per heavy atom. The second-order valence-electron chi connectivity index (χ2n) is 4.95. The van der Waals surface area contributed by atoms with E-state index in [0.29, 0.717) is 17.1 Å². The first kappa shape index (κ1) is 13.1. The maximum Gasteiger partial charge on any atom is 0.207 e. The number of nitrogens with one attached hydrogen (secondary N) is 1. The van der Waals surface area contributed by atoms with Gasteiger partial charge in [0, 0.05) is 11.0 Å². The van der Waals surface area contributed by atoms with Gasteiger partial charge in [0.25, 0.3) is 0 Å². The number of rotatable bonds is 4. The number of hydrogen-bond donors (Lipinski definition) is 1. The van der Waals surface area contributed by atoms with Crippen LogP contribution in [0.25, 0.3) is 0 Å². The van der Waals surface area contributed by atoms with E-state index in [0.717, 1.165) is 6.44 Å². The number of ketones is 1. The predicted molar refractivity (Wildman–Crippen MR) is 77.9 cm³/mol. The van der Waals surface area contributed by atoms with Crippen LogP contribution in [0.1, 0.15) is 17.3 Å². The van der Waals surface area contributed by atoms with Crippen LogP contribution in [0, 0.1) is 0 Å². The molecule has 0 aromatic heterocycles. The largest absolute Gasteiger partial charge is 0.460 e.